The number of carbonyl (C=O) groups excluding carboxylic acids is 3. The molecule has 0 saturated heterocycles. The second-order valence-electron chi connectivity index (χ2n) is 9.60. The first kappa shape index (κ1) is 27.1. The van der Waals surface area contributed by atoms with Gasteiger partial charge in [-0.15, -0.1) is 0 Å². The standard InChI is InChI=1S/C27H36N4O5/c1-7-24(33)30(6)15-23-17(2)14-31(18(3)16-32)27(35)22-12-21(13-28-25(22)36-23)19-8-10-20(11-9-19)26(34)29(4)5/h8-13,17-18,23,32H,7,14-16H2,1-6H3/t17-,18-,23+/m1/s1. The van der Waals surface area contributed by atoms with E-state index in [4.69, 9.17) is 4.74 Å². The highest BCUT2D eigenvalue weighted by atomic mass is 16.5. The smallest absolute Gasteiger partial charge is 0.259 e. The number of carbonyl (C=O) groups is 3. The van der Waals surface area contributed by atoms with Crippen molar-refractivity contribution >= 4 is 17.7 Å². The number of likely N-dealkylation sites (N-methyl/N-ethyl adjacent to an activating group) is 1. The Morgan fingerprint density at radius 2 is 1.86 bits per heavy atom. The number of hydrogen-bond donors (Lipinski definition) is 1. The molecule has 1 aromatic heterocycles. The Labute approximate surface area is 212 Å². The number of fused-ring (bicyclic) bond motifs is 1. The Hall–Kier alpha value is -3.46. The van der Waals surface area contributed by atoms with E-state index in [9.17, 15) is 19.5 Å². The third-order valence-electron chi connectivity index (χ3n) is 6.57. The number of nitrogens with zero attached hydrogens (tertiary/aromatic N) is 4. The number of aliphatic hydroxyl groups excluding tert-OH is 1. The van der Waals surface area contributed by atoms with Crippen molar-refractivity contribution in [2.24, 2.45) is 5.92 Å². The molecule has 36 heavy (non-hydrogen) atoms. The van der Waals surface area contributed by atoms with Gasteiger partial charge in [-0.05, 0) is 30.7 Å². The van der Waals surface area contributed by atoms with Gasteiger partial charge in [0.15, 0.2) is 0 Å². The Morgan fingerprint density at radius 1 is 1.19 bits per heavy atom. The number of pyridine rings is 1. The molecule has 9 heteroatoms. The fourth-order valence-electron chi connectivity index (χ4n) is 4.18. The van der Waals surface area contributed by atoms with Gasteiger partial charge in [0, 0.05) is 57.4 Å². The van der Waals surface area contributed by atoms with Gasteiger partial charge in [-0.3, -0.25) is 14.4 Å². The van der Waals surface area contributed by atoms with Crippen molar-refractivity contribution in [1.29, 1.82) is 0 Å². The van der Waals surface area contributed by atoms with Crippen molar-refractivity contribution in [3.05, 3.63) is 47.7 Å². The highest BCUT2D eigenvalue weighted by Crippen LogP contribution is 2.30. The highest BCUT2D eigenvalue weighted by molar-refractivity contribution is 5.98. The van der Waals surface area contributed by atoms with E-state index in [1.165, 1.54) is 4.90 Å². The number of amides is 3. The number of benzene rings is 1. The predicted octanol–water partition coefficient (Wildman–Crippen LogP) is 2.54. The average Bonchev–Trinajstić information content (AvgIpc) is 2.88. The molecule has 194 valence electrons. The van der Waals surface area contributed by atoms with Crippen molar-refractivity contribution in [1.82, 2.24) is 19.7 Å². The van der Waals surface area contributed by atoms with Crippen LogP contribution in [0.2, 0.25) is 0 Å². The van der Waals surface area contributed by atoms with Crippen molar-refractivity contribution in [2.45, 2.75) is 39.3 Å². The summed E-state index contributed by atoms with van der Waals surface area (Å²) in [6, 6.07) is 8.45. The molecule has 2 heterocycles. The van der Waals surface area contributed by atoms with Crippen LogP contribution < -0.4 is 4.74 Å². The van der Waals surface area contributed by atoms with Gasteiger partial charge in [0.1, 0.15) is 11.7 Å². The lowest BCUT2D eigenvalue weighted by Crippen LogP contribution is -2.50. The summed E-state index contributed by atoms with van der Waals surface area (Å²) in [5, 5.41) is 9.83. The van der Waals surface area contributed by atoms with E-state index in [1.54, 1.807) is 62.3 Å². The van der Waals surface area contributed by atoms with Gasteiger partial charge >= 0.3 is 0 Å². The fourth-order valence-corrected chi connectivity index (χ4v) is 4.18. The molecule has 0 spiro atoms. The van der Waals surface area contributed by atoms with E-state index in [0.29, 0.717) is 36.2 Å². The lowest BCUT2D eigenvalue weighted by atomic mass is 9.98. The summed E-state index contributed by atoms with van der Waals surface area (Å²) in [7, 11) is 5.13. The van der Waals surface area contributed by atoms with Crippen molar-refractivity contribution < 1.29 is 24.2 Å². The largest absolute Gasteiger partial charge is 0.472 e. The van der Waals surface area contributed by atoms with Gasteiger partial charge in [-0.1, -0.05) is 26.0 Å². The Balaban J connectivity index is 2.01. The molecule has 3 rings (SSSR count). The lowest BCUT2D eigenvalue weighted by molar-refractivity contribution is -0.131. The molecule has 3 amide bonds. The molecular formula is C27H36N4O5. The molecule has 0 unspecified atom stereocenters. The normalized spacial score (nSPS) is 18.4. The van der Waals surface area contributed by atoms with Crippen molar-refractivity contribution in [3.8, 4) is 17.0 Å². The minimum atomic E-state index is -0.401. The van der Waals surface area contributed by atoms with Crippen LogP contribution in [0.1, 0.15) is 47.9 Å². The van der Waals surface area contributed by atoms with E-state index in [2.05, 4.69) is 4.98 Å². The summed E-state index contributed by atoms with van der Waals surface area (Å²) in [6.45, 7) is 6.12. The Bertz CT molecular complexity index is 1100. The summed E-state index contributed by atoms with van der Waals surface area (Å²) in [5.74, 6) is -0.270. The molecular weight excluding hydrogens is 460 g/mol. The first-order valence-electron chi connectivity index (χ1n) is 12.2. The van der Waals surface area contributed by atoms with Crippen molar-refractivity contribution in [3.63, 3.8) is 0 Å². The van der Waals surface area contributed by atoms with Crippen LogP contribution in [-0.2, 0) is 4.79 Å². The van der Waals surface area contributed by atoms with E-state index in [-0.39, 0.29) is 42.2 Å². The fraction of sp³-hybridized carbons (Fsp3) is 0.481. The Morgan fingerprint density at radius 3 is 2.44 bits per heavy atom. The summed E-state index contributed by atoms with van der Waals surface area (Å²) < 4.78 is 6.25. The summed E-state index contributed by atoms with van der Waals surface area (Å²) in [4.78, 5) is 47.3. The predicted molar refractivity (Wildman–Crippen MR) is 137 cm³/mol. The number of hydrogen-bond acceptors (Lipinski definition) is 6. The second-order valence-corrected chi connectivity index (χ2v) is 9.60. The molecule has 0 aliphatic carbocycles. The van der Waals surface area contributed by atoms with Crippen molar-refractivity contribution in [2.75, 3.05) is 40.8 Å². The molecule has 1 aromatic carbocycles. The minimum absolute atomic E-state index is 0.00393. The summed E-state index contributed by atoms with van der Waals surface area (Å²) >= 11 is 0. The molecule has 0 saturated carbocycles. The highest BCUT2D eigenvalue weighted by Gasteiger charge is 2.34. The van der Waals surface area contributed by atoms with Crippen LogP contribution in [0.5, 0.6) is 5.88 Å². The maximum Gasteiger partial charge on any atom is 0.259 e. The quantitative estimate of drug-likeness (QED) is 0.632. The molecule has 1 aliphatic rings. The van der Waals surface area contributed by atoms with Gasteiger partial charge in [0.25, 0.3) is 11.8 Å². The molecule has 9 nitrogen and oxygen atoms in total. The topological polar surface area (TPSA) is 103 Å². The third-order valence-corrected chi connectivity index (χ3v) is 6.57. The molecule has 0 radical (unpaired) electrons. The van der Waals surface area contributed by atoms with Crippen LogP contribution in [0, 0.1) is 5.92 Å². The van der Waals surface area contributed by atoms with E-state index in [0.717, 1.165) is 5.56 Å². The van der Waals surface area contributed by atoms with Crippen LogP contribution in [0.4, 0.5) is 0 Å². The zero-order valence-corrected chi connectivity index (χ0v) is 21.9. The van der Waals surface area contributed by atoms with Crippen LogP contribution >= 0.6 is 0 Å². The minimum Gasteiger partial charge on any atom is -0.472 e. The van der Waals surface area contributed by atoms with Crippen LogP contribution in [0.3, 0.4) is 0 Å². The average molecular weight is 497 g/mol. The Kier molecular flexibility index (Phi) is 8.68. The third kappa shape index (κ3) is 5.84. The second kappa shape index (κ2) is 11.5. The first-order chi connectivity index (χ1) is 17.1. The summed E-state index contributed by atoms with van der Waals surface area (Å²) in [5.41, 5.74) is 2.36. The number of aliphatic hydroxyl groups is 1. The molecule has 0 fully saturated rings. The van der Waals surface area contributed by atoms with Gasteiger partial charge in [0.05, 0.1) is 19.2 Å². The van der Waals surface area contributed by atoms with E-state index >= 15 is 0 Å². The van der Waals surface area contributed by atoms with E-state index in [1.807, 2.05) is 26.0 Å². The zero-order chi connectivity index (χ0) is 26.6. The molecule has 0 bridgehead atoms. The summed E-state index contributed by atoms with van der Waals surface area (Å²) in [6.07, 6.45) is 1.64. The number of rotatable bonds is 7. The van der Waals surface area contributed by atoms with Gasteiger partial charge < -0.3 is 24.5 Å². The first-order valence-corrected chi connectivity index (χ1v) is 12.2. The number of aromatic nitrogens is 1. The maximum absolute atomic E-state index is 13.6. The van der Waals surface area contributed by atoms with Crippen LogP contribution in [0.25, 0.3) is 11.1 Å². The van der Waals surface area contributed by atoms with Gasteiger partial charge in [-0.2, -0.15) is 0 Å². The van der Waals surface area contributed by atoms with Crippen LogP contribution in [-0.4, -0.2) is 95.5 Å². The monoisotopic (exact) mass is 496 g/mol. The van der Waals surface area contributed by atoms with E-state index < -0.39 is 6.04 Å². The molecule has 1 N–H and O–H groups in total. The lowest BCUT2D eigenvalue weighted by Gasteiger charge is -2.37. The maximum atomic E-state index is 13.6. The van der Waals surface area contributed by atoms with Gasteiger partial charge in [-0.25, -0.2) is 4.98 Å². The van der Waals surface area contributed by atoms with Gasteiger partial charge in [0.2, 0.25) is 11.8 Å². The SMILES string of the molecule is CCC(=O)N(C)C[C@@H]1Oc2ncc(-c3ccc(C(=O)N(C)C)cc3)cc2C(=O)N([C@H](C)CO)C[C@H]1C. The molecule has 2 aromatic rings. The van der Waals surface area contributed by atoms with Crippen LogP contribution in [0.15, 0.2) is 36.5 Å². The molecule has 1 aliphatic heterocycles. The number of ether oxygens (including phenoxy) is 1. The zero-order valence-electron chi connectivity index (χ0n) is 21.9. The molecule has 3 atom stereocenters.